The van der Waals surface area contributed by atoms with Crippen LogP contribution in [0.4, 0.5) is 0 Å². The first-order valence-corrected chi connectivity index (χ1v) is 6.35. The van der Waals surface area contributed by atoms with Gasteiger partial charge in [-0.15, -0.1) is 5.10 Å². The van der Waals surface area contributed by atoms with Gasteiger partial charge in [0.1, 0.15) is 5.75 Å². The lowest BCUT2D eigenvalue weighted by atomic mass is 10.2. The van der Waals surface area contributed by atoms with Gasteiger partial charge in [-0.2, -0.15) is 5.10 Å². The quantitative estimate of drug-likeness (QED) is 0.750. The van der Waals surface area contributed by atoms with Gasteiger partial charge in [-0.1, -0.05) is 0 Å². The zero-order chi connectivity index (χ0) is 14.1. The molecule has 102 valence electrons. The minimum absolute atomic E-state index is 0.247. The third-order valence-corrected chi connectivity index (χ3v) is 3.17. The molecule has 0 saturated carbocycles. The van der Waals surface area contributed by atoms with Gasteiger partial charge in [0.25, 0.3) is 4.84 Å². The van der Waals surface area contributed by atoms with Crippen molar-refractivity contribution >= 4 is 12.2 Å². The summed E-state index contributed by atoms with van der Waals surface area (Å²) in [6, 6.07) is 7.64. The molecule has 0 aliphatic carbocycles. The van der Waals surface area contributed by atoms with E-state index in [1.165, 1.54) is 0 Å². The van der Waals surface area contributed by atoms with Crippen LogP contribution < -0.4 is 4.74 Å². The molecular formula is C13H12N4O2S. The van der Waals surface area contributed by atoms with Crippen molar-refractivity contribution in [1.29, 1.82) is 0 Å². The van der Waals surface area contributed by atoms with Crippen molar-refractivity contribution in [1.82, 2.24) is 20.0 Å². The second kappa shape index (κ2) is 4.93. The molecule has 0 atom stereocenters. The van der Waals surface area contributed by atoms with Gasteiger partial charge in [-0.25, -0.2) is 9.78 Å². The number of hydrogen-bond donors (Lipinski definition) is 1. The zero-order valence-corrected chi connectivity index (χ0v) is 11.8. The second-order valence-corrected chi connectivity index (χ2v) is 4.54. The Morgan fingerprint density at radius 3 is 2.65 bits per heavy atom. The molecule has 20 heavy (non-hydrogen) atoms. The molecule has 0 unspecified atom stereocenters. The smallest absolute Gasteiger partial charge is 0.284 e. The molecule has 1 aromatic carbocycles. The van der Waals surface area contributed by atoms with E-state index in [1.807, 2.05) is 35.9 Å². The average molecular weight is 288 g/mol. The lowest BCUT2D eigenvalue weighted by Crippen LogP contribution is -1.98. The molecule has 0 amide bonds. The van der Waals surface area contributed by atoms with Crippen molar-refractivity contribution < 1.29 is 9.15 Å². The number of nitrogens with one attached hydrogen (secondary N) is 1. The van der Waals surface area contributed by atoms with Gasteiger partial charge in [-0.3, -0.25) is 0 Å². The van der Waals surface area contributed by atoms with E-state index >= 15 is 0 Å². The van der Waals surface area contributed by atoms with Gasteiger partial charge < -0.3 is 9.15 Å². The van der Waals surface area contributed by atoms with Gasteiger partial charge >= 0.3 is 0 Å². The van der Waals surface area contributed by atoms with Crippen LogP contribution in [0.25, 0.3) is 17.1 Å². The monoisotopic (exact) mass is 288 g/mol. The molecule has 0 aliphatic heterocycles. The Labute approximate surface area is 120 Å². The number of ether oxygens (including phenoxy) is 1. The van der Waals surface area contributed by atoms with Crippen LogP contribution in [-0.2, 0) is 0 Å². The Hall–Kier alpha value is -2.41. The fourth-order valence-electron chi connectivity index (χ4n) is 1.95. The molecule has 1 N–H and O–H groups in total. The number of benzene rings is 1. The summed E-state index contributed by atoms with van der Waals surface area (Å²) in [6.07, 6.45) is 1.70. The van der Waals surface area contributed by atoms with Crippen molar-refractivity contribution in [2.75, 3.05) is 7.11 Å². The summed E-state index contributed by atoms with van der Waals surface area (Å²) < 4.78 is 12.3. The normalized spacial score (nSPS) is 10.7. The van der Waals surface area contributed by atoms with Crippen molar-refractivity contribution in [2.24, 2.45) is 0 Å². The maximum atomic E-state index is 5.31. The lowest BCUT2D eigenvalue weighted by Gasteiger charge is -2.05. The van der Waals surface area contributed by atoms with E-state index in [0.29, 0.717) is 5.89 Å². The number of methoxy groups -OCH3 is 1. The first kappa shape index (κ1) is 12.6. The molecule has 3 rings (SSSR count). The maximum absolute atomic E-state index is 5.31. The van der Waals surface area contributed by atoms with E-state index in [0.717, 1.165) is 22.7 Å². The summed E-state index contributed by atoms with van der Waals surface area (Å²) in [7, 11) is 1.64. The van der Waals surface area contributed by atoms with Crippen molar-refractivity contribution in [3.63, 3.8) is 0 Å². The topological polar surface area (TPSA) is 68.9 Å². The largest absolute Gasteiger partial charge is 0.497 e. The summed E-state index contributed by atoms with van der Waals surface area (Å²) in [6.45, 7) is 1.94. The predicted molar refractivity (Wildman–Crippen MR) is 75.5 cm³/mol. The molecule has 0 fully saturated rings. The van der Waals surface area contributed by atoms with Gasteiger partial charge in [-0.05, 0) is 43.4 Å². The summed E-state index contributed by atoms with van der Waals surface area (Å²) in [5.41, 5.74) is 2.65. The average Bonchev–Trinajstić information content (AvgIpc) is 3.05. The van der Waals surface area contributed by atoms with E-state index in [4.69, 9.17) is 21.4 Å². The highest BCUT2D eigenvalue weighted by Crippen LogP contribution is 2.24. The number of H-pyrrole nitrogens is 1. The van der Waals surface area contributed by atoms with Crippen LogP contribution >= 0.6 is 12.2 Å². The van der Waals surface area contributed by atoms with Crippen LogP contribution in [-0.4, -0.2) is 27.1 Å². The van der Waals surface area contributed by atoms with E-state index in [2.05, 4.69) is 15.3 Å². The first-order valence-electron chi connectivity index (χ1n) is 5.94. The molecule has 0 aliphatic rings. The molecule has 0 spiro atoms. The van der Waals surface area contributed by atoms with Crippen LogP contribution in [0.3, 0.4) is 0 Å². The summed E-state index contributed by atoms with van der Waals surface area (Å²) >= 11 is 4.88. The fourth-order valence-corrected chi connectivity index (χ4v) is 2.07. The van der Waals surface area contributed by atoms with E-state index in [-0.39, 0.29) is 4.84 Å². The fraction of sp³-hybridized carbons (Fsp3) is 0.154. The highest BCUT2D eigenvalue weighted by atomic mass is 32.1. The van der Waals surface area contributed by atoms with Gasteiger partial charge in [0.05, 0.1) is 30.3 Å². The summed E-state index contributed by atoms with van der Waals surface area (Å²) in [5.74, 6) is 1.24. The third-order valence-electron chi connectivity index (χ3n) is 3.00. The Balaban J connectivity index is 2.03. The number of hydrogen-bond acceptors (Lipinski definition) is 5. The zero-order valence-electron chi connectivity index (χ0n) is 11.0. The van der Waals surface area contributed by atoms with E-state index in [1.54, 1.807) is 13.3 Å². The summed E-state index contributed by atoms with van der Waals surface area (Å²) in [4.78, 5) is 0.247. The lowest BCUT2D eigenvalue weighted by molar-refractivity contribution is 0.414. The van der Waals surface area contributed by atoms with Gasteiger partial charge in [0.2, 0.25) is 5.89 Å². The molecule has 2 heterocycles. The van der Waals surface area contributed by atoms with E-state index in [9.17, 15) is 0 Å². The van der Waals surface area contributed by atoms with Crippen LogP contribution in [0.2, 0.25) is 0 Å². The SMILES string of the molecule is COc1ccc(-n2ncc(-c3n[nH]c(=S)o3)c2C)cc1. The number of nitrogens with zero attached hydrogens (tertiary/aromatic N) is 3. The van der Waals surface area contributed by atoms with E-state index < -0.39 is 0 Å². The third kappa shape index (κ3) is 2.12. The Kier molecular flexibility index (Phi) is 3.11. The van der Waals surface area contributed by atoms with Crippen molar-refractivity contribution in [3.05, 3.63) is 41.0 Å². The molecule has 0 saturated heterocycles. The highest BCUT2D eigenvalue weighted by molar-refractivity contribution is 7.71. The van der Waals surface area contributed by atoms with Gasteiger partial charge in [0, 0.05) is 0 Å². The second-order valence-electron chi connectivity index (χ2n) is 4.17. The minimum Gasteiger partial charge on any atom is -0.497 e. The molecule has 0 bridgehead atoms. The number of rotatable bonds is 3. The molecule has 3 aromatic rings. The molecule has 7 heteroatoms. The molecule has 6 nitrogen and oxygen atoms in total. The van der Waals surface area contributed by atoms with Crippen LogP contribution in [0.5, 0.6) is 5.75 Å². The number of aromatic amines is 1. The predicted octanol–water partition coefficient (Wildman–Crippen LogP) is 2.90. The molecular weight excluding hydrogens is 276 g/mol. The molecule has 2 aromatic heterocycles. The Bertz CT molecular complexity index is 785. The van der Waals surface area contributed by atoms with Gasteiger partial charge in [0.15, 0.2) is 0 Å². The van der Waals surface area contributed by atoms with Crippen LogP contribution in [0.15, 0.2) is 34.9 Å². The Morgan fingerprint density at radius 1 is 1.30 bits per heavy atom. The first-order chi connectivity index (χ1) is 9.69. The Morgan fingerprint density at radius 2 is 2.05 bits per heavy atom. The van der Waals surface area contributed by atoms with Crippen molar-refractivity contribution in [2.45, 2.75) is 6.92 Å². The molecule has 0 radical (unpaired) electrons. The maximum Gasteiger partial charge on any atom is 0.284 e. The summed E-state index contributed by atoms with van der Waals surface area (Å²) in [5, 5.41) is 11.0. The number of aromatic nitrogens is 4. The van der Waals surface area contributed by atoms with Crippen LogP contribution in [0, 0.1) is 11.8 Å². The van der Waals surface area contributed by atoms with Crippen LogP contribution in [0.1, 0.15) is 5.69 Å². The highest BCUT2D eigenvalue weighted by Gasteiger charge is 2.14. The minimum atomic E-state index is 0.247. The van der Waals surface area contributed by atoms with Crippen molar-refractivity contribution in [3.8, 4) is 22.9 Å². The standard InChI is InChI=1S/C13H12N4O2S/c1-8-11(12-15-16-13(20)19-12)7-14-17(8)9-3-5-10(18-2)6-4-9/h3-7H,1-2H3,(H,16,20).